The van der Waals surface area contributed by atoms with Crippen LogP contribution in [0.5, 0.6) is 0 Å². The number of hydrogen-bond acceptors (Lipinski definition) is 4. The monoisotopic (exact) mass is 351 g/mol. The molecule has 132 valence electrons. The van der Waals surface area contributed by atoms with E-state index in [0.717, 1.165) is 12.8 Å². The zero-order chi connectivity index (χ0) is 17.9. The number of carbonyl (C=O) groups is 1. The summed E-state index contributed by atoms with van der Waals surface area (Å²) in [5.41, 5.74) is 1.22. The minimum atomic E-state index is -3.81. The summed E-state index contributed by atoms with van der Waals surface area (Å²) in [6, 6.07) is 7.08. The molecule has 0 saturated heterocycles. The van der Waals surface area contributed by atoms with Gasteiger partial charge < -0.3 is 9.88 Å². The largest absolute Gasteiger partial charge is 0.336 e. The summed E-state index contributed by atoms with van der Waals surface area (Å²) in [4.78, 5) is 21.2. The molecule has 7 heteroatoms. The smallest absolute Gasteiger partial charge is 0.238 e. The molecule has 0 radical (unpaired) electrons. The third-order valence-electron chi connectivity index (χ3n) is 4.40. The molecule has 1 aromatic carbocycles. The molecule has 0 aliphatic rings. The summed E-state index contributed by atoms with van der Waals surface area (Å²) in [6.45, 7) is 7.86. The highest BCUT2D eigenvalue weighted by molar-refractivity contribution is 7.91. The molecule has 1 heterocycles. The van der Waals surface area contributed by atoms with E-state index in [4.69, 9.17) is 0 Å². The molecule has 2 rings (SSSR count). The van der Waals surface area contributed by atoms with E-state index in [1.807, 2.05) is 27.7 Å². The lowest BCUT2D eigenvalue weighted by Crippen LogP contribution is -2.46. The predicted molar refractivity (Wildman–Crippen MR) is 94.5 cm³/mol. The number of amides is 1. The molecule has 1 N–H and O–H groups in total. The van der Waals surface area contributed by atoms with Crippen LogP contribution in [0, 0.1) is 0 Å². The first-order valence-corrected chi connectivity index (χ1v) is 9.94. The van der Waals surface area contributed by atoms with Gasteiger partial charge in [0.25, 0.3) is 0 Å². The molecule has 1 aromatic heterocycles. The number of carbonyl (C=O) groups excluding carboxylic acids is 1. The molecule has 1 amide bonds. The SMILES string of the molecule is CC[C@@H](C)N(C(=O)CS(=O)(=O)c1nc2ccccc2[nH]1)[C@@H](C)CC. The Morgan fingerprint density at radius 2 is 1.75 bits per heavy atom. The molecule has 24 heavy (non-hydrogen) atoms. The van der Waals surface area contributed by atoms with Gasteiger partial charge in [0, 0.05) is 12.1 Å². The fraction of sp³-hybridized carbons (Fsp3) is 0.529. The number of nitrogens with one attached hydrogen (secondary N) is 1. The van der Waals surface area contributed by atoms with Crippen LogP contribution in [0.25, 0.3) is 11.0 Å². The summed E-state index contributed by atoms with van der Waals surface area (Å²) in [7, 11) is -3.81. The summed E-state index contributed by atoms with van der Waals surface area (Å²) in [5.74, 6) is -0.944. The van der Waals surface area contributed by atoms with E-state index < -0.39 is 15.6 Å². The number of para-hydroxylation sites is 2. The second kappa shape index (κ2) is 7.34. The number of nitrogens with zero attached hydrogens (tertiary/aromatic N) is 2. The Morgan fingerprint density at radius 3 is 2.29 bits per heavy atom. The second-order valence-electron chi connectivity index (χ2n) is 6.13. The number of aromatic nitrogens is 2. The van der Waals surface area contributed by atoms with Crippen LogP contribution in [0.4, 0.5) is 0 Å². The number of fused-ring (bicyclic) bond motifs is 1. The van der Waals surface area contributed by atoms with Crippen molar-refractivity contribution >= 4 is 26.8 Å². The van der Waals surface area contributed by atoms with Crippen LogP contribution in [0.2, 0.25) is 0 Å². The third-order valence-corrected chi connectivity index (χ3v) is 5.80. The Labute approximate surface area is 143 Å². The Hall–Kier alpha value is -1.89. The molecular formula is C17H25N3O3S. The first kappa shape index (κ1) is 18.4. The van der Waals surface area contributed by atoms with Crippen LogP contribution < -0.4 is 0 Å². The molecule has 0 fully saturated rings. The molecular weight excluding hydrogens is 326 g/mol. The number of benzene rings is 1. The summed E-state index contributed by atoms with van der Waals surface area (Å²) in [6.07, 6.45) is 1.56. The van der Waals surface area contributed by atoms with E-state index in [0.29, 0.717) is 11.0 Å². The van der Waals surface area contributed by atoms with Crippen molar-refractivity contribution in [2.75, 3.05) is 5.75 Å². The van der Waals surface area contributed by atoms with E-state index in [1.165, 1.54) is 0 Å². The van der Waals surface area contributed by atoms with Gasteiger partial charge in [0.15, 0.2) is 0 Å². The zero-order valence-electron chi connectivity index (χ0n) is 14.6. The van der Waals surface area contributed by atoms with Crippen LogP contribution in [-0.4, -0.2) is 47.0 Å². The Morgan fingerprint density at radius 1 is 1.17 bits per heavy atom. The molecule has 6 nitrogen and oxygen atoms in total. The maximum absolute atomic E-state index is 12.7. The van der Waals surface area contributed by atoms with Crippen molar-refractivity contribution < 1.29 is 13.2 Å². The van der Waals surface area contributed by atoms with Gasteiger partial charge in [0.1, 0.15) is 5.75 Å². The fourth-order valence-electron chi connectivity index (χ4n) is 2.70. The number of H-pyrrole nitrogens is 1. The lowest BCUT2D eigenvalue weighted by Gasteiger charge is -2.33. The van der Waals surface area contributed by atoms with E-state index in [2.05, 4.69) is 9.97 Å². The molecule has 0 saturated carbocycles. The Kier molecular flexibility index (Phi) is 5.64. The molecule has 0 unspecified atom stereocenters. The topological polar surface area (TPSA) is 83.1 Å². The van der Waals surface area contributed by atoms with Crippen LogP contribution in [0.3, 0.4) is 0 Å². The Balaban J connectivity index is 2.27. The van der Waals surface area contributed by atoms with E-state index in [9.17, 15) is 13.2 Å². The second-order valence-corrected chi connectivity index (χ2v) is 8.04. The number of sulfone groups is 1. The van der Waals surface area contributed by atoms with Crippen molar-refractivity contribution in [3.63, 3.8) is 0 Å². The fourth-order valence-corrected chi connectivity index (χ4v) is 3.82. The lowest BCUT2D eigenvalue weighted by molar-refractivity contribution is -0.132. The van der Waals surface area contributed by atoms with E-state index in [1.54, 1.807) is 29.2 Å². The minimum Gasteiger partial charge on any atom is -0.336 e. The van der Waals surface area contributed by atoms with Gasteiger partial charge in [-0.25, -0.2) is 13.4 Å². The number of rotatable bonds is 7. The maximum Gasteiger partial charge on any atom is 0.238 e. The molecule has 0 aliphatic heterocycles. The van der Waals surface area contributed by atoms with Gasteiger partial charge in [-0.1, -0.05) is 26.0 Å². The molecule has 2 aromatic rings. The van der Waals surface area contributed by atoms with Crippen molar-refractivity contribution in [1.29, 1.82) is 0 Å². The van der Waals surface area contributed by atoms with Crippen molar-refractivity contribution in [1.82, 2.24) is 14.9 Å². The summed E-state index contributed by atoms with van der Waals surface area (Å²) < 4.78 is 25.2. The molecule has 0 bridgehead atoms. The molecule has 2 atom stereocenters. The first-order valence-electron chi connectivity index (χ1n) is 8.28. The molecule has 0 spiro atoms. The van der Waals surface area contributed by atoms with Gasteiger partial charge in [-0.15, -0.1) is 0 Å². The van der Waals surface area contributed by atoms with Crippen LogP contribution >= 0.6 is 0 Å². The highest BCUT2D eigenvalue weighted by Crippen LogP contribution is 2.18. The highest BCUT2D eigenvalue weighted by Gasteiger charge is 2.30. The van der Waals surface area contributed by atoms with Gasteiger partial charge in [0.05, 0.1) is 11.0 Å². The standard InChI is InChI=1S/C17H25N3O3S/c1-5-12(3)20(13(4)6-2)16(21)11-24(22,23)17-18-14-9-7-8-10-15(14)19-17/h7-10,12-13H,5-6,11H2,1-4H3,(H,18,19)/t12-,13+. The van der Waals surface area contributed by atoms with Gasteiger partial charge >= 0.3 is 0 Å². The zero-order valence-corrected chi connectivity index (χ0v) is 15.4. The number of hydrogen-bond donors (Lipinski definition) is 1. The van der Waals surface area contributed by atoms with Crippen molar-refractivity contribution in [3.05, 3.63) is 24.3 Å². The van der Waals surface area contributed by atoms with Gasteiger partial charge in [0.2, 0.25) is 20.9 Å². The summed E-state index contributed by atoms with van der Waals surface area (Å²) >= 11 is 0. The van der Waals surface area contributed by atoms with E-state index in [-0.39, 0.29) is 23.1 Å². The maximum atomic E-state index is 12.7. The van der Waals surface area contributed by atoms with Crippen molar-refractivity contribution in [2.24, 2.45) is 0 Å². The van der Waals surface area contributed by atoms with Crippen molar-refractivity contribution in [3.8, 4) is 0 Å². The van der Waals surface area contributed by atoms with Crippen molar-refractivity contribution in [2.45, 2.75) is 57.8 Å². The average Bonchev–Trinajstić information content (AvgIpc) is 2.99. The van der Waals surface area contributed by atoms with Gasteiger partial charge in [-0.05, 0) is 38.8 Å². The number of imidazole rings is 1. The van der Waals surface area contributed by atoms with Crippen LogP contribution in [0.15, 0.2) is 29.4 Å². The minimum absolute atomic E-state index is 0.00155. The Bertz CT molecular complexity index is 770. The quantitative estimate of drug-likeness (QED) is 0.831. The third kappa shape index (κ3) is 3.77. The number of aromatic amines is 1. The van der Waals surface area contributed by atoms with E-state index >= 15 is 0 Å². The first-order chi connectivity index (χ1) is 11.3. The van der Waals surface area contributed by atoms with Crippen LogP contribution in [-0.2, 0) is 14.6 Å². The normalized spacial score (nSPS) is 14.5. The predicted octanol–water partition coefficient (Wildman–Crippen LogP) is 2.76. The lowest BCUT2D eigenvalue weighted by atomic mass is 10.1. The van der Waals surface area contributed by atoms with Crippen LogP contribution in [0.1, 0.15) is 40.5 Å². The van der Waals surface area contributed by atoms with Gasteiger partial charge in [-0.3, -0.25) is 4.79 Å². The molecule has 0 aliphatic carbocycles. The van der Waals surface area contributed by atoms with Gasteiger partial charge in [-0.2, -0.15) is 0 Å². The summed E-state index contributed by atoms with van der Waals surface area (Å²) in [5, 5.41) is -0.148. The highest BCUT2D eigenvalue weighted by atomic mass is 32.2. The average molecular weight is 351 g/mol.